The molecular formula is C16H25NO2. The van der Waals surface area contributed by atoms with E-state index in [-0.39, 0.29) is 18.1 Å². The van der Waals surface area contributed by atoms with Crippen LogP contribution in [0.3, 0.4) is 0 Å². The van der Waals surface area contributed by atoms with Crippen molar-refractivity contribution in [2.24, 2.45) is 17.8 Å². The van der Waals surface area contributed by atoms with Gasteiger partial charge in [0.05, 0.1) is 6.42 Å². The number of rotatable bonds is 6. The second kappa shape index (κ2) is 7.17. The van der Waals surface area contributed by atoms with Crippen molar-refractivity contribution in [3.05, 3.63) is 29.8 Å². The zero-order valence-corrected chi connectivity index (χ0v) is 12.3. The van der Waals surface area contributed by atoms with Crippen molar-refractivity contribution in [3.8, 4) is 5.75 Å². The molecule has 0 aliphatic rings. The van der Waals surface area contributed by atoms with Crippen molar-refractivity contribution in [1.29, 1.82) is 0 Å². The lowest BCUT2D eigenvalue weighted by molar-refractivity contribution is -0.120. The van der Waals surface area contributed by atoms with Gasteiger partial charge < -0.3 is 10.4 Å². The molecule has 0 aromatic heterocycles. The number of benzene rings is 1. The summed E-state index contributed by atoms with van der Waals surface area (Å²) < 4.78 is 0. The average molecular weight is 263 g/mol. The molecule has 0 aliphatic heterocycles. The second-order valence-corrected chi connectivity index (χ2v) is 5.76. The van der Waals surface area contributed by atoms with Crippen molar-refractivity contribution < 1.29 is 9.90 Å². The predicted molar refractivity (Wildman–Crippen MR) is 78.0 cm³/mol. The highest BCUT2D eigenvalue weighted by atomic mass is 16.3. The molecule has 3 nitrogen and oxygen atoms in total. The van der Waals surface area contributed by atoms with E-state index < -0.39 is 0 Å². The molecule has 1 aromatic rings. The fraction of sp³-hybridized carbons (Fsp3) is 0.562. The van der Waals surface area contributed by atoms with Crippen LogP contribution < -0.4 is 5.32 Å². The summed E-state index contributed by atoms with van der Waals surface area (Å²) in [6.45, 7) is 9.42. The number of nitrogens with one attached hydrogen (secondary N) is 1. The van der Waals surface area contributed by atoms with E-state index in [0.717, 1.165) is 0 Å². The summed E-state index contributed by atoms with van der Waals surface area (Å²) in [5.74, 6) is 1.72. The average Bonchev–Trinajstić information content (AvgIpc) is 2.31. The normalized spacial score (nSPS) is 11.3. The first-order chi connectivity index (χ1) is 8.91. The van der Waals surface area contributed by atoms with Gasteiger partial charge in [-0.3, -0.25) is 4.79 Å². The lowest BCUT2D eigenvalue weighted by Crippen LogP contribution is -2.34. The zero-order valence-electron chi connectivity index (χ0n) is 12.3. The monoisotopic (exact) mass is 263 g/mol. The summed E-state index contributed by atoms with van der Waals surface area (Å²) in [5, 5.41) is 12.6. The molecule has 19 heavy (non-hydrogen) atoms. The minimum atomic E-state index is -0.0344. The van der Waals surface area contributed by atoms with Crippen molar-refractivity contribution in [2.45, 2.75) is 34.1 Å². The van der Waals surface area contributed by atoms with Crippen LogP contribution in [-0.2, 0) is 11.2 Å². The maximum Gasteiger partial charge on any atom is 0.224 e. The molecular weight excluding hydrogens is 238 g/mol. The molecule has 0 bridgehead atoms. The largest absolute Gasteiger partial charge is 0.508 e. The fourth-order valence-corrected chi connectivity index (χ4v) is 2.37. The number of carbonyl (C=O) groups excluding carboxylic acids is 1. The predicted octanol–water partition coefficient (Wildman–Crippen LogP) is 2.98. The third kappa shape index (κ3) is 4.93. The Hall–Kier alpha value is -1.51. The van der Waals surface area contributed by atoms with Crippen LogP contribution in [0, 0.1) is 17.8 Å². The van der Waals surface area contributed by atoms with Crippen LogP contribution in [0.15, 0.2) is 24.3 Å². The van der Waals surface area contributed by atoms with Crippen molar-refractivity contribution in [3.63, 3.8) is 0 Å². The molecule has 0 radical (unpaired) electrons. The molecule has 3 heteroatoms. The highest BCUT2D eigenvalue weighted by Crippen LogP contribution is 2.20. The van der Waals surface area contributed by atoms with Crippen LogP contribution in [0.2, 0.25) is 0 Å². The van der Waals surface area contributed by atoms with Gasteiger partial charge in [0.2, 0.25) is 5.91 Å². The highest BCUT2D eigenvalue weighted by Gasteiger charge is 2.18. The molecule has 0 heterocycles. The summed E-state index contributed by atoms with van der Waals surface area (Å²) in [5.41, 5.74) is 0.672. The highest BCUT2D eigenvalue weighted by molar-refractivity contribution is 5.79. The standard InChI is InChI=1S/C16H25NO2/c1-11(2)14(12(3)4)10-17-16(19)9-13-7-5-6-8-15(13)18/h5-8,11-12,14,18H,9-10H2,1-4H3,(H,17,19). The number of hydrogen-bond acceptors (Lipinski definition) is 2. The SMILES string of the molecule is CC(C)C(CNC(=O)Cc1ccccc1O)C(C)C. The first-order valence-corrected chi connectivity index (χ1v) is 6.95. The van der Waals surface area contributed by atoms with Gasteiger partial charge in [-0.15, -0.1) is 0 Å². The molecule has 1 amide bonds. The smallest absolute Gasteiger partial charge is 0.224 e. The van der Waals surface area contributed by atoms with Crippen molar-refractivity contribution >= 4 is 5.91 Å². The summed E-state index contributed by atoms with van der Waals surface area (Å²) in [6, 6.07) is 6.96. The van der Waals surface area contributed by atoms with Gasteiger partial charge in [0.15, 0.2) is 0 Å². The van der Waals surface area contributed by atoms with Crippen molar-refractivity contribution in [2.75, 3.05) is 6.54 Å². The van der Waals surface area contributed by atoms with Gasteiger partial charge in [-0.25, -0.2) is 0 Å². The van der Waals surface area contributed by atoms with Crippen LogP contribution >= 0.6 is 0 Å². The minimum absolute atomic E-state index is 0.0344. The summed E-state index contributed by atoms with van der Waals surface area (Å²) in [7, 11) is 0. The second-order valence-electron chi connectivity index (χ2n) is 5.76. The van der Waals surface area contributed by atoms with Gasteiger partial charge in [0, 0.05) is 12.1 Å². The van der Waals surface area contributed by atoms with Gasteiger partial charge in [0.25, 0.3) is 0 Å². The number of carbonyl (C=O) groups is 1. The Morgan fingerprint density at radius 1 is 1.16 bits per heavy atom. The van der Waals surface area contributed by atoms with E-state index >= 15 is 0 Å². The maximum absolute atomic E-state index is 11.9. The molecule has 0 saturated heterocycles. The molecule has 1 aromatic carbocycles. The Balaban J connectivity index is 2.50. The molecule has 0 saturated carbocycles. The van der Waals surface area contributed by atoms with Gasteiger partial charge in [0.1, 0.15) is 5.75 Å². The Morgan fingerprint density at radius 3 is 2.26 bits per heavy atom. The van der Waals surface area contributed by atoms with E-state index in [4.69, 9.17) is 0 Å². The Bertz CT molecular complexity index is 405. The summed E-state index contributed by atoms with van der Waals surface area (Å²) >= 11 is 0. The summed E-state index contributed by atoms with van der Waals surface area (Å²) in [4.78, 5) is 11.9. The lowest BCUT2D eigenvalue weighted by Gasteiger charge is -2.25. The quantitative estimate of drug-likeness (QED) is 0.829. The molecule has 0 unspecified atom stereocenters. The van der Waals surface area contributed by atoms with Crippen LogP contribution in [0.1, 0.15) is 33.3 Å². The number of phenols is 1. The van der Waals surface area contributed by atoms with Gasteiger partial charge >= 0.3 is 0 Å². The Kier molecular flexibility index (Phi) is 5.87. The number of aromatic hydroxyl groups is 1. The number of phenolic OH excluding ortho intramolecular Hbond substituents is 1. The van der Waals surface area contributed by atoms with E-state index in [1.807, 2.05) is 6.07 Å². The van der Waals surface area contributed by atoms with Crippen LogP contribution in [0.25, 0.3) is 0 Å². The number of amides is 1. The Labute approximate surface area is 116 Å². The van der Waals surface area contributed by atoms with Crippen LogP contribution in [-0.4, -0.2) is 17.6 Å². The van der Waals surface area contributed by atoms with E-state index in [1.54, 1.807) is 18.2 Å². The van der Waals surface area contributed by atoms with E-state index in [1.165, 1.54) is 0 Å². The van der Waals surface area contributed by atoms with Crippen LogP contribution in [0.5, 0.6) is 5.75 Å². The van der Waals surface area contributed by atoms with Gasteiger partial charge in [-0.1, -0.05) is 45.9 Å². The first kappa shape index (κ1) is 15.5. The molecule has 0 aliphatic carbocycles. The third-order valence-electron chi connectivity index (χ3n) is 3.59. The fourth-order valence-electron chi connectivity index (χ4n) is 2.37. The zero-order chi connectivity index (χ0) is 14.4. The molecule has 106 valence electrons. The molecule has 0 atom stereocenters. The number of para-hydroxylation sites is 1. The molecule has 1 rings (SSSR count). The van der Waals surface area contributed by atoms with E-state index in [2.05, 4.69) is 33.0 Å². The Morgan fingerprint density at radius 2 is 1.74 bits per heavy atom. The molecule has 2 N–H and O–H groups in total. The number of hydrogen-bond donors (Lipinski definition) is 2. The van der Waals surface area contributed by atoms with Gasteiger partial charge in [-0.2, -0.15) is 0 Å². The van der Waals surface area contributed by atoms with E-state index in [0.29, 0.717) is 29.9 Å². The summed E-state index contributed by atoms with van der Waals surface area (Å²) in [6.07, 6.45) is 0.232. The lowest BCUT2D eigenvalue weighted by atomic mass is 9.85. The minimum Gasteiger partial charge on any atom is -0.508 e. The maximum atomic E-state index is 11.9. The van der Waals surface area contributed by atoms with Gasteiger partial charge in [-0.05, 0) is 23.8 Å². The topological polar surface area (TPSA) is 49.3 Å². The first-order valence-electron chi connectivity index (χ1n) is 6.95. The third-order valence-corrected chi connectivity index (χ3v) is 3.59. The van der Waals surface area contributed by atoms with Crippen molar-refractivity contribution in [1.82, 2.24) is 5.32 Å². The van der Waals surface area contributed by atoms with Crippen LogP contribution in [0.4, 0.5) is 0 Å². The van der Waals surface area contributed by atoms with E-state index in [9.17, 15) is 9.90 Å². The molecule has 0 spiro atoms. The molecule has 0 fully saturated rings.